The molecule has 0 aliphatic carbocycles. The fraction of sp³-hybridized carbons (Fsp3) is 0.333. The largest absolute Gasteiger partial charge is 0.496 e. The van der Waals surface area contributed by atoms with Gasteiger partial charge >= 0.3 is 11.9 Å². The average molecular weight is 236 g/mol. The summed E-state index contributed by atoms with van der Waals surface area (Å²) in [5.74, 6) is -1.29. The first-order valence-electron chi connectivity index (χ1n) is 5.10. The fourth-order valence-electron chi connectivity index (χ4n) is 1.88. The number of carboxylic acid groups (broad SMARTS) is 1. The number of aliphatic carboxylic acids is 1. The van der Waals surface area contributed by atoms with Gasteiger partial charge in [-0.25, -0.2) is 9.59 Å². The Morgan fingerprint density at radius 1 is 1.53 bits per heavy atom. The summed E-state index contributed by atoms with van der Waals surface area (Å²) in [7, 11) is 1.48. The fourth-order valence-corrected chi connectivity index (χ4v) is 1.88. The lowest BCUT2D eigenvalue weighted by Crippen LogP contribution is -2.45. The van der Waals surface area contributed by atoms with E-state index in [1.54, 1.807) is 18.2 Å². The molecule has 1 N–H and O–H groups in total. The summed E-state index contributed by atoms with van der Waals surface area (Å²) < 4.78 is 10.1. The number of ether oxygens (including phenoxy) is 2. The van der Waals surface area contributed by atoms with Gasteiger partial charge in [0.25, 0.3) is 0 Å². The molecule has 5 heteroatoms. The number of esters is 1. The van der Waals surface area contributed by atoms with E-state index in [-0.39, 0.29) is 6.42 Å². The minimum Gasteiger partial charge on any atom is -0.496 e. The van der Waals surface area contributed by atoms with Crippen molar-refractivity contribution in [2.45, 2.75) is 18.9 Å². The number of hydrogen-bond acceptors (Lipinski definition) is 4. The van der Waals surface area contributed by atoms with Crippen molar-refractivity contribution >= 4 is 11.9 Å². The van der Waals surface area contributed by atoms with Gasteiger partial charge in [-0.3, -0.25) is 0 Å². The van der Waals surface area contributed by atoms with Crippen LogP contribution in [0.3, 0.4) is 0 Å². The standard InChI is InChI=1S/C12H12O5/c1-12(11(14)15)6-8-7(10(13)17-12)4-3-5-9(8)16-2/h3-5H,6H2,1-2H3,(H,14,15). The van der Waals surface area contributed by atoms with Crippen LogP contribution in [0.15, 0.2) is 18.2 Å². The monoisotopic (exact) mass is 236 g/mol. The Morgan fingerprint density at radius 3 is 2.82 bits per heavy atom. The maximum Gasteiger partial charge on any atom is 0.348 e. The lowest BCUT2D eigenvalue weighted by Gasteiger charge is -2.31. The smallest absolute Gasteiger partial charge is 0.348 e. The number of hydrogen-bond donors (Lipinski definition) is 1. The van der Waals surface area contributed by atoms with Gasteiger partial charge in [0, 0.05) is 12.0 Å². The molecule has 0 bridgehead atoms. The van der Waals surface area contributed by atoms with Crippen LogP contribution >= 0.6 is 0 Å². The molecule has 1 atom stereocenters. The zero-order chi connectivity index (χ0) is 12.6. The highest BCUT2D eigenvalue weighted by atomic mass is 16.6. The van der Waals surface area contributed by atoms with Crippen molar-refractivity contribution in [1.29, 1.82) is 0 Å². The van der Waals surface area contributed by atoms with Gasteiger partial charge in [0.05, 0.1) is 12.7 Å². The summed E-state index contributed by atoms with van der Waals surface area (Å²) in [5.41, 5.74) is -0.585. The third-order valence-electron chi connectivity index (χ3n) is 2.86. The molecule has 0 saturated heterocycles. The van der Waals surface area contributed by atoms with E-state index in [9.17, 15) is 9.59 Å². The second-order valence-electron chi connectivity index (χ2n) is 4.09. The Balaban J connectivity index is 2.55. The molecule has 90 valence electrons. The number of benzene rings is 1. The third kappa shape index (κ3) is 1.73. The molecule has 2 rings (SSSR count). The zero-order valence-corrected chi connectivity index (χ0v) is 9.52. The van der Waals surface area contributed by atoms with E-state index in [4.69, 9.17) is 14.6 Å². The number of methoxy groups -OCH3 is 1. The van der Waals surface area contributed by atoms with Crippen LogP contribution in [0.2, 0.25) is 0 Å². The molecule has 0 saturated carbocycles. The molecule has 17 heavy (non-hydrogen) atoms. The second kappa shape index (κ2) is 3.76. The highest BCUT2D eigenvalue weighted by Crippen LogP contribution is 2.33. The van der Waals surface area contributed by atoms with Gasteiger partial charge in [0.2, 0.25) is 5.60 Å². The van der Waals surface area contributed by atoms with Gasteiger partial charge in [0.15, 0.2) is 0 Å². The van der Waals surface area contributed by atoms with Crippen molar-refractivity contribution in [3.05, 3.63) is 29.3 Å². The maximum atomic E-state index is 11.7. The first-order valence-corrected chi connectivity index (χ1v) is 5.10. The molecule has 1 aromatic carbocycles. The van der Waals surface area contributed by atoms with E-state index >= 15 is 0 Å². The minimum atomic E-state index is -1.53. The van der Waals surface area contributed by atoms with Crippen LogP contribution in [0.5, 0.6) is 5.75 Å². The molecular formula is C12H12O5. The molecule has 5 nitrogen and oxygen atoms in total. The third-order valence-corrected chi connectivity index (χ3v) is 2.86. The number of carboxylic acids is 1. The second-order valence-corrected chi connectivity index (χ2v) is 4.09. The predicted molar refractivity (Wildman–Crippen MR) is 58.2 cm³/mol. The number of carbonyl (C=O) groups excluding carboxylic acids is 1. The quantitative estimate of drug-likeness (QED) is 0.782. The van der Waals surface area contributed by atoms with Gasteiger partial charge in [-0.2, -0.15) is 0 Å². The molecule has 0 spiro atoms. The van der Waals surface area contributed by atoms with Crippen LogP contribution < -0.4 is 4.74 Å². The summed E-state index contributed by atoms with van der Waals surface area (Å²) in [5, 5.41) is 9.09. The summed E-state index contributed by atoms with van der Waals surface area (Å²) in [6, 6.07) is 4.96. The van der Waals surface area contributed by atoms with E-state index in [1.165, 1.54) is 14.0 Å². The Bertz CT molecular complexity index is 494. The summed E-state index contributed by atoms with van der Waals surface area (Å²) in [6.07, 6.45) is 0.105. The number of fused-ring (bicyclic) bond motifs is 1. The van der Waals surface area contributed by atoms with Gasteiger partial charge in [0.1, 0.15) is 5.75 Å². The molecule has 0 fully saturated rings. The molecule has 0 amide bonds. The van der Waals surface area contributed by atoms with Crippen molar-refractivity contribution in [3.63, 3.8) is 0 Å². The van der Waals surface area contributed by atoms with Crippen LogP contribution in [0.1, 0.15) is 22.8 Å². The SMILES string of the molecule is COc1cccc2c1CC(C)(C(=O)O)OC2=O. The van der Waals surface area contributed by atoms with Crippen molar-refractivity contribution < 1.29 is 24.2 Å². The highest BCUT2D eigenvalue weighted by molar-refractivity contribution is 5.96. The lowest BCUT2D eigenvalue weighted by molar-refractivity contribution is -0.158. The molecule has 1 aliphatic rings. The Kier molecular flexibility index (Phi) is 2.53. The van der Waals surface area contributed by atoms with Crippen molar-refractivity contribution in [2.75, 3.05) is 7.11 Å². The summed E-state index contributed by atoms with van der Waals surface area (Å²) in [4.78, 5) is 22.8. The van der Waals surface area contributed by atoms with Gasteiger partial charge in [-0.1, -0.05) is 6.07 Å². The normalized spacial score (nSPS) is 22.6. The first-order chi connectivity index (χ1) is 7.98. The van der Waals surface area contributed by atoms with E-state index in [0.717, 1.165) is 0 Å². The Hall–Kier alpha value is -2.04. The van der Waals surface area contributed by atoms with Crippen LogP contribution in [0.4, 0.5) is 0 Å². The molecule has 1 aromatic rings. The summed E-state index contributed by atoms with van der Waals surface area (Å²) >= 11 is 0. The van der Waals surface area contributed by atoms with Gasteiger partial charge in [-0.05, 0) is 19.1 Å². The number of rotatable bonds is 2. The summed E-state index contributed by atoms with van der Waals surface area (Å²) in [6.45, 7) is 1.38. The van der Waals surface area contributed by atoms with E-state index in [0.29, 0.717) is 16.9 Å². The van der Waals surface area contributed by atoms with E-state index < -0.39 is 17.5 Å². The molecular weight excluding hydrogens is 224 g/mol. The van der Waals surface area contributed by atoms with Crippen molar-refractivity contribution in [2.24, 2.45) is 0 Å². The van der Waals surface area contributed by atoms with Crippen LogP contribution in [-0.2, 0) is 16.0 Å². The number of carbonyl (C=O) groups is 2. The molecule has 0 aromatic heterocycles. The predicted octanol–water partition coefficient (Wildman–Crippen LogP) is 1.25. The van der Waals surface area contributed by atoms with Crippen LogP contribution in [0.25, 0.3) is 0 Å². The lowest BCUT2D eigenvalue weighted by atomic mass is 9.89. The first kappa shape index (κ1) is 11.4. The molecule has 1 heterocycles. The van der Waals surface area contributed by atoms with Crippen LogP contribution in [0, 0.1) is 0 Å². The van der Waals surface area contributed by atoms with E-state index in [1.807, 2.05) is 0 Å². The molecule has 1 unspecified atom stereocenters. The zero-order valence-electron chi connectivity index (χ0n) is 9.52. The minimum absolute atomic E-state index is 0.105. The maximum absolute atomic E-state index is 11.7. The highest BCUT2D eigenvalue weighted by Gasteiger charge is 2.43. The topological polar surface area (TPSA) is 72.8 Å². The Labute approximate surface area is 98.0 Å². The Morgan fingerprint density at radius 2 is 2.24 bits per heavy atom. The van der Waals surface area contributed by atoms with Crippen molar-refractivity contribution in [3.8, 4) is 5.75 Å². The van der Waals surface area contributed by atoms with Crippen LogP contribution in [-0.4, -0.2) is 29.8 Å². The van der Waals surface area contributed by atoms with Crippen molar-refractivity contribution in [1.82, 2.24) is 0 Å². The number of cyclic esters (lactones) is 1. The van der Waals surface area contributed by atoms with E-state index in [2.05, 4.69) is 0 Å². The van der Waals surface area contributed by atoms with Gasteiger partial charge < -0.3 is 14.6 Å². The van der Waals surface area contributed by atoms with Gasteiger partial charge in [-0.15, -0.1) is 0 Å². The molecule has 1 aliphatic heterocycles. The molecule has 0 radical (unpaired) electrons. The average Bonchev–Trinajstić information content (AvgIpc) is 2.28.